The van der Waals surface area contributed by atoms with Crippen molar-refractivity contribution in [2.24, 2.45) is 0 Å². The predicted octanol–water partition coefficient (Wildman–Crippen LogP) is 2.97. The van der Waals surface area contributed by atoms with Crippen LogP contribution in [0, 0.1) is 10.1 Å². The first kappa shape index (κ1) is 18.6. The molecule has 0 saturated carbocycles. The third kappa shape index (κ3) is 3.99. The van der Waals surface area contributed by atoms with E-state index in [0.717, 1.165) is 6.07 Å². The molecular formula is C17H15F3N4O3. The van der Waals surface area contributed by atoms with Crippen molar-refractivity contribution in [3.8, 4) is 0 Å². The second kappa shape index (κ2) is 7.22. The van der Waals surface area contributed by atoms with Gasteiger partial charge in [-0.3, -0.25) is 4.79 Å². The van der Waals surface area contributed by atoms with E-state index in [1.165, 1.54) is 35.4 Å². The summed E-state index contributed by atoms with van der Waals surface area (Å²) < 4.78 is 39.3. The number of nitro groups is 1. The molecule has 0 N–H and O–H groups in total. The Morgan fingerprint density at radius 2 is 1.74 bits per heavy atom. The first-order valence-corrected chi connectivity index (χ1v) is 8.08. The molecule has 7 nitrogen and oxygen atoms in total. The third-order valence-corrected chi connectivity index (χ3v) is 4.31. The molecule has 1 aliphatic heterocycles. The molecule has 1 aliphatic rings. The Balaban J connectivity index is 1.69. The van der Waals surface area contributed by atoms with Crippen LogP contribution in [0.1, 0.15) is 15.9 Å². The number of alkyl halides is 3. The van der Waals surface area contributed by atoms with Gasteiger partial charge in [-0.25, -0.2) is 0 Å². The quantitative estimate of drug-likeness (QED) is 0.604. The molecule has 0 spiro atoms. The van der Waals surface area contributed by atoms with Gasteiger partial charge < -0.3 is 19.9 Å². The maximum atomic E-state index is 13.1. The molecule has 1 aromatic heterocycles. The van der Waals surface area contributed by atoms with Gasteiger partial charge in [0.25, 0.3) is 5.91 Å². The number of amides is 1. The summed E-state index contributed by atoms with van der Waals surface area (Å²) in [4.78, 5) is 29.6. The van der Waals surface area contributed by atoms with Crippen LogP contribution in [0.4, 0.5) is 24.7 Å². The number of nitrogens with zero attached hydrogens (tertiary/aromatic N) is 4. The summed E-state index contributed by atoms with van der Waals surface area (Å²) >= 11 is 0. The van der Waals surface area contributed by atoms with Crippen LogP contribution in [-0.2, 0) is 6.18 Å². The molecule has 2 aromatic rings. The fourth-order valence-corrected chi connectivity index (χ4v) is 2.93. The molecule has 0 radical (unpaired) electrons. The predicted molar refractivity (Wildman–Crippen MR) is 90.5 cm³/mol. The van der Waals surface area contributed by atoms with Crippen LogP contribution in [0.15, 0.2) is 42.6 Å². The van der Waals surface area contributed by atoms with Crippen molar-refractivity contribution in [2.45, 2.75) is 6.18 Å². The van der Waals surface area contributed by atoms with Crippen LogP contribution >= 0.6 is 0 Å². The van der Waals surface area contributed by atoms with E-state index in [1.54, 1.807) is 6.07 Å². The van der Waals surface area contributed by atoms with E-state index in [2.05, 4.69) is 4.98 Å². The largest absolute Gasteiger partial charge is 0.417 e. The lowest BCUT2D eigenvalue weighted by Gasteiger charge is -2.35. The maximum Gasteiger partial charge on any atom is 0.417 e. The van der Waals surface area contributed by atoms with Crippen LogP contribution in [0.3, 0.4) is 0 Å². The van der Waals surface area contributed by atoms with Gasteiger partial charge in [-0.05, 0) is 28.1 Å². The van der Waals surface area contributed by atoms with E-state index in [4.69, 9.17) is 0 Å². The number of hydrogen-bond donors (Lipinski definition) is 0. The fourth-order valence-electron chi connectivity index (χ4n) is 2.93. The summed E-state index contributed by atoms with van der Waals surface area (Å²) in [5.41, 5.74) is -0.657. The average Bonchev–Trinajstić information content (AvgIpc) is 2.67. The zero-order valence-electron chi connectivity index (χ0n) is 14.0. The van der Waals surface area contributed by atoms with Gasteiger partial charge in [0.15, 0.2) is 6.20 Å². The number of aromatic nitrogens is 1. The van der Waals surface area contributed by atoms with Crippen LogP contribution < -0.4 is 4.90 Å². The molecule has 10 heteroatoms. The molecule has 0 atom stereocenters. The van der Waals surface area contributed by atoms with Gasteiger partial charge in [0.1, 0.15) is 0 Å². The highest BCUT2D eigenvalue weighted by Crippen LogP contribution is 2.32. The summed E-state index contributed by atoms with van der Waals surface area (Å²) in [6.45, 7) is 1.25. The smallest absolute Gasteiger partial charge is 0.365 e. The number of halogens is 3. The Bertz CT molecular complexity index is 847. The van der Waals surface area contributed by atoms with E-state index in [9.17, 15) is 28.1 Å². The Kier molecular flexibility index (Phi) is 4.98. The van der Waals surface area contributed by atoms with Crippen LogP contribution in [0.25, 0.3) is 0 Å². The SMILES string of the molecule is O=C(c1ccccc1C(F)(F)F)N1CCN(c2ccc([N+](=O)[O-])nc2)CC1. The third-order valence-electron chi connectivity index (χ3n) is 4.31. The standard InChI is InChI=1S/C17H15F3N4O3/c18-17(19,20)14-4-2-1-3-13(14)16(25)23-9-7-22(8-10-23)12-5-6-15(21-11-12)24(26)27/h1-6,11H,7-10H2. The van der Waals surface area contributed by atoms with Crippen molar-refractivity contribution in [1.82, 2.24) is 9.88 Å². The molecule has 1 fully saturated rings. The summed E-state index contributed by atoms with van der Waals surface area (Å²) in [6.07, 6.45) is -3.23. The van der Waals surface area contributed by atoms with E-state index < -0.39 is 22.6 Å². The molecule has 142 valence electrons. The Morgan fingerprint density at radius 1 is 1.07 bits per heavy atom. The van der Waals surface area contributed by atoms with Gasteiger partial charge in [-0.15, -0.1) is 0 Å². The summed E-state index contributed by atoms with van der Waals surface area (Å²) in [6, 6.07) is 7.57. The number of anilines is 1. The number of carbonyl (C=O) groups is 1. The van der Waals surface area contributed by atoms with E-state index >= 15 is 0 Å². The first-order valence-electron chi connectivity index (χ1n) is 8.08. The molecule has 3 rings (SSSR count). The topological polar surface area (TPSA) is 79.6 Å². The lowest BCUT2D eigenvalue weighted by Crippen LogP contribution is -2.49. The van der Waals surface area contributed by atoms with Gasteiger partial charge in [0, 0.05) is 32.2 Å². The van der Waals surface area contributed by atoms with E-state index in [1.807, 2.05) is 4.90 Å². The van der Waals surface area contributed by atoms with Crippen LogP contribution in [0.2, 0.25) is 0 Å². The van der Waals surface area contributed by atoms with Crippen LogP contribution in [-0.4, -0.2) is 46.9 Å². The van der Waals surface area contributed by atoms with Crippen molar-refractivity contribution in [1.29, 1.82) is 0 Å². The normalized spacial score (nSPS) is 14.9. The van der Waals surface area contributed by atoms with Gasteiger partial charge >= 0.3 is 12.0 Å². The number of piperazine rings is 1. The summed E-state index contributed by atoms with van der Waals surface area (Å²) in [7, 11) is 0. The summed E-state index contributed by atoms with van der Waals surface area (Å²) in [5, 5.41) is 10.6. The second-order valence-corrected chi connectivity index (χ2v) is 5.95. The van der Waals surface area contributed by atoms with Crippen molar-refractivity contribution >= 4 is 17.4 Å². The van der Waals surface area contributed by atoms with Gasteiger partial charge in [-0.2, -0.15) is 13.2 Å². The zero-order chi connectivity index (χ0) is 19.6. The van der Waals surface area contributed by atoms with Crippen molar-refractivity contribution in [3.63, 3.8) is 0 Å². The molecule has 0 bridgehead atoms. The number of carbonyl (C=O) groups excluding carboxylic acids is 1. The van der Waals surface area contributed by atoms with Crippen molar-refractivity contribution in [3.05, 3.63) is 63.8 Å². The van der Waals surface area contributed by atoms with Crippen molar-refractivity contribution in [2.75, 3.05) is 31.1 Å². The Morgan fingerprint density at radius 3 is 2.30 bits per heavy atom. The molecule has 27 heavy (non-hydrogen) atoms. The molecule has 0 unspecified atom stereocenters. The monoisotopic (exact) mass is 380 g/mol. The van der Waals surface area contributed by atoms with Crippen LogP contribution in [0.5, 0.6) is 0 Å². The van der Waals surface area contributed by atoms with Gasteiger partial charge in [0.2, 0.25) is 0 Å². The molecule has 1 saturated heterocycles. The average molecular weight is 380 g/mol. The number of pyridine rings is 1. The fraction of sp³-hybridized carbons (Fsp3) is 0.294. The van der Waals surface area contributed by atoms with E-state index in [-0.39, 0.29) is 24.5 Å². The lowest BCUT2D eigenvalue weighted by atomic mass is 10.1. The van der Waals surface area contributed by atoms with E-state index in [0.29, 0.717) is 18.8 Å². The highest BCUT2D eigenvalue weighted by molar-refractivity contribution is 5.96. The number of benzene rings is 1. The van der Waals surface area contributed by atoms with Gasteiger partial charge in [0.05, 0.1) is 16.8 Å². The molecule has 1 amide bonds. The molecule has 2 heterocycles. The second-order valence-electron chi connectivity index (χ2n) is 5.95. The molecule has 0 aliphatic carbocycles. The Labute approximate surface area is 152 Å². The Hall–Kier alpha value is -3.17. The minimum Gasteiger partial charge on any atom is -0.365 e. The minimum atomic E-state index is -4.60. The lowest BCUT2D eigenvalue weighted by molar-refractivity contribution is -0.389. The highest BCUT2D eigenvalue weighted by atomic mass is 19.4. The summed E-state index contributed by atoms with van der Waals surface area (Å²) in [5.74, 6) is -0.930. The molecule has 1 aromatic carbocycles. The highest BCUT2D eigenvalue weighted by Gasteiger charge is 2.36. The van der Waals surface area contributed by atoms with Gasteiger partial charge in [-0.1, -0.05) is 12.1 Å². The number of hydrogen-bond acceptors (Lipinski definition) is 5. The first-order chi connectivity index (χ1) is 12.8. The maximum absolute atomic E-state index is 13.1. The molecular weight excluding hydrogens is 365 g/mol. The number of rotatable bonds is 3. The minimum absolute atomic E-state index is 0.238. The zero-order valence-corrected chi connectivity index (χ0v) is 14.0. The van der Waals surface area contributed by atoms with Crippen molar-refractivity contribution < 1.29 is 22.9 Å².